The molecule has 2 aliphatic rings. The van der Waals surface area contributed by atoms with Crippen LogP contribution in [0.3, 0.4) is 0 Å². The number of nitrogen functional groups attached to an aromatic ring is 1. The van der Waals surface area contributed by atoms with E-state index in [4.69, 9.17) is 5.73 Å². The van der Waals surface area contributed by atoms with E-state index in [0.29, 0.717) is 26.2 Å². The van der Waals surface area contributed by atoms with Gasteiger partial charge in [-0.3, -0.25) is 4.79 Å². The lowest BCUT2D eigenvalue weighted by Gasteiger charge is -2.36. The van der Waals surface area contributed by atoms with Crippen molar-refractivity contribution in [2.45, 2.75) is 6.04 Å². The summed E-state index contributed by atoms with van der Waals surface area (Å²) in [7, 11) is 0. The monoisotopic (exact) mass is 278 g/mol. The Hall–Kier alpha value is -2.31. The van der Waals surface area contributed by atoms with Gasteiger partial charge < -0.3 is 20.9 Å². The molecule has 0 radical (unpaired) electrons. The van der Waals surface area contributed by atoms with Crippen molar-refractivity contribution < 1.29 is 14.0 Å². The van der Waals surface area contributed by atoms with Crippen molar-refractivity contribution in [3.8, 4) is 0 Å². The first-order valence-electron chi connectivity index (χ1n) is 6.45. The normalized spacial score (nSPS) is 21.6. The molecule has 0 saturated carbocycles. The highest BCUT2D eigenvalue weighted by Gasteiger charge is 2.37. The van der Waals surface area contributed by atoms with Gasteiger partial charge in [0.15, 0.2) is 0 Å². The van der Waals surface area contributed by atoms with Gasteiger partial charge in [0.05, 0.1) is 11.6 Å². The van der Waals surface area contributed by atoms with E-state index in [1.807, 2.05) is 0 Å². The predicted molar refractivity (Wildman–Crippen MR) is 70.6 cm³/mol. The van der Waals surface area contributed by atoms with Gasteiger partial charge in [-0.25, -0.2) is 9.18 Å². The molecule has 2 saturated heterocycles. The highest BCUT2D eigenvalue weighted by atomic mass is 19.1. The van der Waals surface area contributed by atoms with Gasteiger partial charge in [0, 0.05) is 31.9 Å². The van der Waals surface area contributed by atoms with Crippen LogP contribution in [0.2, 0.25) is 0 Å². The number of amides is 3. The second-order valence-corrected chi connectivity index (χ2v) is 5.02. The fourth-order valence-electron chi connectivity index (χ4n) is 2.67. The molecular formula is C13H15FN4O2. The first-order chi connectivity index (χ1) is 9.56. The van der Waals surface area contributed by atoms with Crippen molar-refractivity contribution in [1.29, 1.82) is 0 Å². The molecule has 3 amide bonds. The van der Waals surface area contributed by atoms with Crippen LogP contribution in [0.5, 0.6) is 0 Å². The van der Waals surface area contributed by atoms with E-state index in [0.717, 1.165) is 6.07 Å². The van der Waals surface area contributed by atoms with E-state index in [-0.39, 0.29) is 29.2 Å². The SMILES string of the molecule is Nc1ccc(F)cc1C(=O)N1CCN2C(=O)NCC2C1. The largest absolute Gasteiger partial charge is 0.398 e. The molecule has 7 heteroatoms. The Labute approximate surface area is 115 Å². The number of nitrogens with zero attached hydrogens (tertiary/aromatic N) is 2. The number of nitrogens with one attached hydrogen (secondary N) is 1. The molecule has 1 atom stereocenters. The molecular weight excluding hydrogens is 263 g/mol. The molecule has 2 heterocycles. The Morgan fingerprint density at radius 3 is 3.00 bits per heavy atom. The summed E-state index contributed by atoms with van der Waals surface area (Å²) in [6.07, 6.45) is 0. The van der Waals surface area contributed by atoms with Gasteiger partial charge >= 0.3 is 6.03 Å². The van der Waals surface area contributed by atoms with Gasteiger partial charge in [-0.1, -0.05) is 0 Å². The number of carbonyl (C=O) groups excluding carboxylic acids is 2. The summed E-state index contributed by atoms with van der Waals surface area (Å²) in [6, 6.07) is 3.66. The molecule has 1 aromatic rings. The molecule has 1 unspecified atom stereocenters. The summed E-state index contributed by atoms with van der Waals surface area (Å²) < 4.78 is 13.3. The smallest absolute Gasteiger partial charge is 0.317 e. The molecule has 3 rings (SSSR count). The van der Waals surface area contributed by atoms with Crippen molar-refractivity contribution >= 4 is 17.6 Å². The van der Waals surface area contributed by atoms with E-state index in [2.05, 4.69) is 5.32 Å². The fraction of sp³-hybridized carbons (Fsp3) is 0.385. The van der Waals surface area contributed by atoms with Crippen molar-refractivity contribution in [1.82, 2.24) is 15.1 Å². The summed E-state index contributed by atoms with van der Waals surface area (Å²) in [6.45, 7) is 1.88. The molecule has 0 bridgehead atoms. The van der Waals surface area contributed by atoms with Gasteiger partial charge in [0.2, 0.25) is 0 Å². The number of benzene rings is 1. The number of halogens is 1. The lowest BCUT2D eigenvalue weighted by atomic mass is 10.1. The summed E-state index contributed by atoms with van der Waals surface area (Å²) in [5.41, 5.74) is 6.17. The predicted octanol–water partition coefficient (Wildman–Crippen LogP) is 0.257. The second kappa shape index (κ2) is 4.66. The Kier molecular flexibility index (Phi) is 2.96. The minimum Gasteiger partial charge on any atom is -0.398 e. The first kappa shape index (κ1) is 12.7. The third kappa shape index (κ3) is 2.04. The summed E-state index contributed by atoms with van der Waals surface area (Å²) in [5.74, 6) is -0.778. The molecule has 3 N–H and O–H groups in total. The van der Waals surface area contributed by atoms with Crippen LogP contribution in [0.15, 0.2) is 18.2 Å². The molecule has 1 aromatic carbocycles. The molecule has 0 spiro atoms. The van der Waals surface area contributed by atoms with E-state index < -0.39 is 5.82 Å². The van der Waals surface area contributed by atoms with Crippen LogP contribution in [0, 0.1) is 5.82 Å². The second-order valence-electron chi connectivity index (χ2n) is 5.02. The van der Waals surface area contributed by atoms with Crippen molar-refractivity contribution in [3.63, 3.8) is 0 Å². The third-order valence-corrected chi connectivity index (χ3v) is 3.77. The average molecular weight is 278 g/mol. The standard InChI is InChI=1S/C13H15FN4O2/c14-8-1-2-11(15)10(5-8)12(19)17-3-4-18-9(7-17)6-16-13(18)20/h1-2,5,9H,3-4,6-7,15H2,(H,16,20). The molecule has 2 fully saturated rings. The zero-order valence-corrected chi connectivity index (χ0v) is 10.8. The van der Waals surface area contributed by atoms with Gasteiger partial charge in [-0.2, -0.15) is 0 Å². The van der Waals surface area contributed by atoms with Crippen LogP contribution in [0.1, 0.15) is 10.4 Å². The van der Waals surface area contributed by atoms with Crippen molar-refractivity contribution in [2.24, 2.45) is 0 Å². The van der Waals surface area contributed by atoms with Crippen molar-refractivity contribution in [3.05, 3.63) is 29.6 Å². The fourth-order valence-corrected chi connectivity index (χ4v) is 2.67. The van der Waals surface area contributed by atoms with E-state index in [1.54, 1.807) is 9.80 Å². The van der Waals surface area contributed by atoms with Gasteiger partial charge in [0.25, 0.3) is 5.91 Å². The number of carbonyl (C=O) groups is 2. The molecule has 6 nitrogen and oxygen atoms in total. The van der Waals surface area contributed by atoms with Crippen LogP contribution >= 0.6 is 0 Å². The van der Waals surface area contributed by atoms with Crippen molar-refractivity contribution in [2.75, 3.05) is 31.9 Å². The number of urea groups is 1. The maximum atomic E-state index is 13.3. The van der Waals surface area contributed by atoms with Crippen LogP contribution in [0.4, 0.5) is 14.9 Å². The Morgan fingerprint density at radius 2 is 2.20 bits per heavy atom. The Bertz CT molecular complexity index is 577. The molecule has 2 aliphatic heterocycles. The molecule has 0 aliphatic carbocycles. The Balaban J connectivity index is 1.78. The van der Waals surface area contributed by atoms with Crippen LogP contribution < -0.4 is 11.1 Å². The molecule has 106 valence electrons. The highest BCUT2D eigenvalue weighted by molar-refractivity contribution is 5.99. The van der Waals surface area contributed by atoms with Crippen LogP contribution in [0.25, 0.3) is 0 Å². The quantitative estimate of drug-likeness (QED) is 0.723. The number of nitrogens with two attached hydrogens (primary N) is 1. The zero-order valence-electron chi connectivity index (χ0n) is 10.8. The summed E-state index contributed by atoms with van der Waals surface area (Å²) in [4.78, 5) is 27.2. The minimum absolute atomic E-state index is 0.0185. The minimum atomic E-state index is -0.487. The maximum Gasteiger partial charge on any atom is 0.317 e. The summed E-state index contributed by atoms with van der Waals surface area (Å²) in [5, 5.41) is 2.75. The third-order valence-electron chi connectivity index (χ3n) is 3.77. The van der Waals surface area contributed by atoms with E-state index >= 15 is 0 Å². The molecule has 20 heavy (non-hydrogen) atoms. The number of fused-ring (bicyclic) bond motifs is 1. The number of anilines is 1. The number of hydrogen-bond acceptors (Lipinski definition) is 3. The lowest BCUT2D eigenvalue weighted by Crippen LogP contribution is -2.53. The van der Waals surface area contributed by atoms with Crippen LogP contribution in [-0.4, -0.2) is 54.0 Å². The highest BCUT2D eigenvalue weighted by Crippen LogP contribution is 2.20. The number of rotatable bonds is 1. The topological polar surface area (TPSA) is 78.7 Å². The molecule has 0 aromatic heterocycles. The van der Waals surface area contributed by atoms with Gasteiger partial charge in [-0.15, -0.1) is 0 Å². The Morgan fingerprint density at radius 1 is 1.40 bits per heavy atom. The lowest BCUT2D eigenvalue weighted by molar-refractivity contribution is 0.0617. The van der Waals surface area contributed by atoms with E-state index in [1.165, 1.54) is 12.1 Å². The van der Waals surface area contributed by atoms with Crippen LogP contribution in [-0.2, 0) is 0 Å². The number of hydrogen-bond donors (Lipinski definition) is 2. The first-order valence-corrected chi connectivity index (χ1v) is 6.45. The van der Waals surface area contributed by atoms with Gasteiger partial charge in [0.1, 0.15) is 5.82 Å². The number of piperazine rings is 1. The average Bonchev–Trinajstić information content (AvgIpc) is 2.82. The van der Waals surface area contributed by atoms with E-state index in [9.17, 15) is 14.0 Å². The van der Waals surface area contributed by atoms with Gasteiger partial charge in [-0.05, 0) is 18.2 Å². The zero-order chi connectivity index (χ0) is 14.3. The summed E-state index contributed by atoms with van der Waals surface area (Å²) >= 11 is 0. The maximum absolute atomic E-state index is 13.3.